The van der Waals surface area contributed by atoms with Crippen LogP contribution in [0.4, 0.5) is 0 Å². The zero-order valence-corrected chi connectivity index (χ0v) is 11.1. The molecule has 1 N–H and O–H groups in total. The van der Waals surface area contributed by atoms with Crippen LogP contribution in [-0.2, 0) is 16.1 Å². The molecule has 4 heteroatoms. The van der Waals surface area contributed by atoms with E-state index in [0.29, 0.717) is 6.61 Å². The predicted molar refractivity (Wildman–Crippen MR) is 72.6 cm³/mol. The normalized spacial score (nSPS) is 16.0. The molecule has 1 heterocycles. The maximum Gasteiger partial charge on any atom is 0.328 e. The minimum atomic E-state index is -0.915. The number of carboxylic acid groups (broad SMARTS) is 1. The van der Waals surface area contributed by atoms with Gasteiger partial charge in [0.1, 0.15) is 0 Å². The third-order valence-electron chi connectivity index (χ3n) is 3.21. The topological polar surface area (TPSA) is 46.5 Å². The van der Waals surface area contributed by atoms with Crippen molar-refractivity contribution in [3.05, 3.63) is 28.0 Å². The minimum absolute atomic E-state index is 0.637. The molecule has 1 aliphatic carbocycles. The van der Waals surface area contributed by atoms with Crippen molar-refractivity contribution in [1.29, 1.82) is 0 Å². The maximum absolute atomic E-state index is 10.4. The summed E-state index contributed by atoms with van der Waals surface area (Å²) in [6.07, 6.45) is 8.07. The molecule has 0 aromatic carbocycles. The molecule has 98 valence electrons. The standard InChI is InChI=1S/C14H18O3S/c15-14(16)7-6-12-4-5-13(18-12)10-17-9-8-11-2-1-3-11/h4-7,11H,1-3,8-10H2,(H,15,16)/b7-6+. The smallest absolute Gasteiger partial charge is 0.328 e. The van der Waals surface area contributed by atoms with Crippen molar-refractivity contribution >= 4 is 23.4 Å². The van der Waals surface area contributed by atoms with Gasteiger partial charge in [0.25, 0.3) is 0 Å². The average Bonchev–Trinajstić information content (AvgIpc) is 2.71. The van der Waals surface area contributed by atoms with Gasteiger partial charge in [-0.2, -0.15) is 0 Å². The van der Waals surface area contributed by atoms with E-state index in [4.69, 9.17) is 9.84 Å². The average molecular weight is 266 g/mol. The van der Waals surface area contributed by atoms with Gasteiger partial charge in [-0.1, -0.05) is 19.3 Å². The van der Waals surface area contributed by atoms with Gasteiger partial charge in [-0.05, 0) is 30.5 Å². The lowest BCUT2D eigenvalue weighted by Gasteiger charge is -2.24. The highest BCUT2D eigenvalue weighted by atomic mass is 32.1. The molecule has 1 saturated carbocycles. The van der Waals surface area contributed by atoms with Crippen molar-refractivity contribution in [3.8, 4) is 0 Å². The first-order chi connectivity index (χ1) is 8.74. The Labute approximate surface area is 111 Å². The number of rotatable bonds is 7. The van der Waals surface area contributed by atoms with Crippen LogP contribution in [0.15, 0.2) is 18.2 Å². The van der Waals surface area contributed by atoms with Crippen molar-refractivity contribution in [3.63, 3.8) is 0 Å². The molecule has 1 aromatic rings. The van der Waals surface area contributed by atoms with Crippen LogP contribution in [0.5, 0.6) is 0 Å². The fourth-order valence-electron chi connectivity index (χ4n) is 1.92. The second-order valence-electron chi connectivity index (χ2n) is 4.61. The van der Waals surface area contributed by atoms with Gasteiger partial charge in [0.15, 0.2) is 0 Å². The highest BCUT2D eigenvalue weighted by Gasteiger charge is 2.16. The summed E-state index contributed by atoms with van der Waals surface area (Å²) < 4.78 is 5.63. The molecule has 0 radical (unpaired) electrons. The number of carboxylic acids is 1. The van der Waals surface area contributed by atoms with Gasteiger partial charge in [0, 0.05) is 22.4 Å². The predicted octanol–water partition coefficient (Wildman–Crippen LogP) is 3.55. The van der Waals surface area contributed by atoms with Crippen LogP contribution in [0, 0.1) is 5.92 Å². The summed E-state index contributed by atoms with van der Waals surface area (Å²) in [6, 6.07) is 3.92. The van der Waals surface area contributed by atoms with Gasteiger partial charge in [-0.3, -0.25) is 0 Å². The first-order valence-corrected chi connectivity index (χ1v) is 7.13. The van der Waals surface area contributed by atoms with E-state index in [1.165, 1.54) is 25.7 Å². The molecule has 1 aromatic heterocycles. The Bertz CT molecular complexity index is 418. The molecule has 0 aliphatic heterocycles. The minimum Gasteiger partial charge on any atom is -0.478 e. The molecule has 0 amide bonds. The Hall–Kier alpha value is -1.13. The van der Waals surface area contributed by atoms with Gasteiger partial charge in [0.2, 0.25) is 0 Å². The quantitative estimate of drug-likeness (QED) is 0.606. The van der Waals surface area contributed by atoms with Gasteiger partial charge in [-0.15, -0.1) is 11.3 Å². The molecule has 0 saturated heterocycles. The fourth-order valence-corrected chi connectivity index (χ4v) is 2.77. The summed E-state index contributed by atoms with van der Waals surface area (Å²) in [5, 5.41) is 8.53. The third-order valence-corrected chi connectivity index (χ3v) is 4.24. The van der Waals surface area contributed by atoms with Crippen LogP contribution in [0.3, 0.4) is 0 Å². The molecule has 0 atom stereocenters. The summed E-state index contributed by atoms with van der Waals surface area (Å²) in [5.41, 5.74) is 0. The van der Waals surface area contributed by atoms with Crippen molar-refractivity contribution in [2.45, 2.75) is 32.3 Å². The lowest BCUT2D eigenvalue weighted by atomic mass is 9.83. The van der Waals surface area contributed by atoms with E-state index < -0.39 is 5.97 Å². The van der Waals surface area contributed by atoms with Crippen molar-refractivity contribution in [2.24, 2.45) is 5.92 Å². The van der Waals surface area contributed by atoms with Gasteiger partial charge < -0.3 is 9.84 Å². The van der Waals surface area contributed by atoms with E-state index >= 15 is 0 Å². The van der Waals surface area contributed by atoms with Crippen LogP contribution in [0.2, 0.25) is 0 Å². The summed E-state index contributed by atoms with van der Waals surface area (Å²) in [6.45, 7) is 1.47. The SMILES string of the molecule is O=C(O)/C=C/c1ccc(COCCC2CCC2)s1. The van der Waals surface area contributed by atoms with E-state index in [9.17, 15) is 4.79 Å². The first kappa shape index (κ1) is 13.3. The molecule has 0 spiro atoms. The second-order valence-corrected chi connectivity index (χ2v) is 5.81. The van der Waals surface area contributed by atoms with Crippen LogP contribution in [0.1, 0.15) is 35.4 Å². The van der Waals surface area contributed by atoms with E-state index in [0.717, 1.165) is 28.4 Å². The van der Waals surface area contributed by atoms with Crippen LogP contribution < -0.4 is 0 Å². The molecule has 0 unspecified atom stereocenters. The number of hydrogen-bond donors (Lipinski definition) is 1. The second kappa shape index (κ2) is 6.71. The highest BCUT2D eigenvalue weighted by molar-refractivity contribution is 7.12. The number of aliphatic carboxylic acids is 1. The lowest BCUT2D eigenvalue weighted by molar-refractivity contribution is -0.131. The fraction of sp³-hybridized carbons (Fsp3) is 0.500. The number of carbonyl (C=O) groups is 1. The molecule has 1 aliphatic rings. The number of ether oxygens (including phenoxy) is 1. The molecular weight excluding hydrogens is 248 g/mol. The Kier molecular flexibility index (Phi) is 4.96. The lowest BCUT2D eigenvalue weighted by Crippen LogP contribution is -2.13. The van der Waals surface area contributed by atoms with Gasteiger partial charge >= 0.3 is 5.97 Å². The Morgan fingerprint density at radius 3 is 3.00 bits per heavy atom. The summed E-state index contributed by atoms with van der Waals surface area (Å²) in [7, 11) is 0. The number of thiophene rings is 1. The molecule has 1 fully saturated rings. The van der Waals surface area contributed by atoms with E-state index in [1.807, 2.05) is 12.1 Å². The molecule has 2 rings (SSSR count). The van der Waals surface area contributed by atoms with E-state index in [2.05, 4.69) is 0 Å². The van der Waals surface area contributed by atoms with Crippen LogP contribution >= 0.6 is 11.3 Å². The highest BCUT2D eigenvalue weighted by Crippen LogP contribution is 2.29. The Morgan fingerprint density at radius 2 is 2.33 bits per heavy atom. The van der Waals surface area contributed by atoms with Crippen molar-refractivity contribution in [2.75, 3.05) is 6.61 Å². The van der Waals surface area contributed by atoms with Gasteiger partial charge in [-0.25, -0.2) is 4.79 Å². The monoisotopic (exact) mass is 266 g/mol. The Balaban J connectivity index is 1.67. The van der Waals surface area contributed by atoms with Crippen LogP contribution in [0.25, 0.3) is 6.08 Å². The zero-order valence-electron chi connectivity index (χ0n) is 10.3. The van der Waals surface area contributed by atoms with Crippen LogP contribution in [-0.4, -0.2) is 17.7 Å². The van der Waals surface area contributed by atoms with E-state index in [1.54, 1.807) is 17.4 Å². The maximum atomic E-state index is 10.4. The van der Waals surface area contributed by atoms with Gasteiger partial charge in [0.05, 0.1) is 6.61 Å². The zero-order chi connectivity index (χ0) is 12.8. The third kappa shape index (κ3) is 4.27. The summed E-state index contributed by atoms with van der Waals surface area (Å²) in [4.78, 5) is 12.5. The van der Waals surface area contributed by atoms with Crippen molar-refractivity contribution < 1.29 is 14.6 Å². The largest absolute Gasteiger partial charge is 0.478 e. The summed E-state index contributed by atoms with van der Waals surface area (Å²) in [5.74, 6) is -0.0240. The molecule has 0 bridgehead atoms. The molecule has 18 heavy (non-hydrogen) atoms. The first-order valence-electron chi connectivity index (χ1n) is 6.31. The van der Waals surface area contributed by atoms with Crippen molar-refractivity contribution in [1.82, 2.24) is 0 Å². The molecular formula is C14H18O3S. The number of hydrogen-bond acceptors (Lipinski definition) is 3. The Morgan fingerprint density at radius 1 is 1.50 bits per heavy atom. The van der Waals surface area contributed by atoms with E-state index in [-0.39, 0.29) is 0 Å². The summed E-state index contributed by atoms with van der Waals surface area (Å²) >= 11 is 1.58. The molecule has 3 nitrogen and oxygen atoms in total.